The van der Waals surface area contributed by atoms with Gasteiger partial charge >= 0.3 is 0 Å². The molecule has 16 heavy (non-hydrogen) atoms. The first-order valence-corrected chi connectivity index (χ1v) is 7.04. The lowest BCUT2D eigenvalue weighted by Gasteiger charge is -2.35. The van der Waals surface area contributed by atoms with Crippen molar-refractivity contribution in [3.8, 4) is 0 Å². The van der Waals surface area contributed by atoms with Gasteiger partial charge in [0.05, 0.1) is 12.2 Å². The van der Waals surface area contributed by atoms with E-state index in [9.17, 15) is 0 Å². The summed E-state index contributed by atoms with van der Waals surface area (Å²) in [6, 6.07) is 0. The van der Waals surface area contributed by atoms with Crippen molar-refractivity contribution in [2.45, 2.75) is 70.0 Å². The van der Waals surface area contributed by atoms with Crippen LogP contribution in [0.4, 0.5) is 0 Å². The maximum Gasteiger partial charge on any atom is 0.0628 e. The maximum atomic E-state index is 5.97. The van der Waals surface area contributed by atoms with E-state index in [1.165, 1.54) is 44.9 Å². The summed E-state index contributed by atoms with van der Waals surface area (Å²) < 4.78 is 11.5. The monoisotopic (exact) mass is 226 g/mol. The summed E-state index contributed by atoms with van der Waals surface area (Å²) in [5.41, 5.74) is 0. The van der Waals surface area contributed by atoms with Crippen molar-refractivity contribution in [1.82, 2.24) is 0 Å². The highest BCUT2D eigenvalue weighted by atomic mass is 16.5. The van der Waals surface area contributed by atoms with Crippen molar-refractivity contribution >= 4 is 0 Å². The van der Waals surface area contributed by atoms with E-state index in [4.69, 9.17) is 9.47 Å². The Bertz CT molecular complexity index is 185. The minimum Gasteiger partial charge on any atom is -0.381 e. The fourth-order valence-corrected chi connectivity index (χ4v) is 3.20. The van der Waals surface area contributed by atoms with Crippen LogP contribution in [0, 0.1) is 5.92 Å². The lowest BCUT2D eigenvalue weighted by Crippen LogP contribution is -2.35. The van der Waals surface area contributed by atoms with Gasteiger partial charge in [-0.05, 0) is 25.2 Å². The van der Waals surface area contributed by atoms with Crippen LogP contribution in [0.15, 0.2) is 0 Å². The van der Waals surface area contributed by atoms with Crippen LogP contribution in [0.3, 0.4) is 0 Å². The Kier molecular flexibility index (Phi) is 5.11. The van der Waals surface area contributed by atoms with E-state index >= 15 is 0 Å². The third-order valence-electron chi connectivity index (χ3n) is 4.28. The van der Waals surface area contributed by atoms with Gasteiger partial charge < -0.3 is 9.47 Å². The van der Waals surface area contributed by atoms with Crippen molar-refractivity contribution in [1.29, 1.82) is 0 Å². The fourth-order valence-electron chi connectivity index (χ4n) is 3.20. The van der Waals surface area contributed by atoms with E-state index in [0.717, 1.165) is 25.4 Å². The van der Waals surface area contributed by atoms with E-state index in [-0.39, 0.29) is 0 Å². The largest absolute Gasteiger partial charge is 0.381 e. The normalized spacial score (nSPS) is 34.3. The Labute approximate surface area is 99.7 Å². The molecular weight excluding hydrogens is 200 g/mol. The number of ether oxygens (including phenoxy) is 2. The molecule has 2 rings (SSSR count). The average molecular weight is 226 g/mol. The van der Waals surface area contributed by atoms with Gasteiger partial charge in [-0.25, -0.2) is 0 Å². The zero-order chi connectivity index (χ0) is 11.2. The molecular formula is C14H26O2. The topological polar surface area (TPSA) is 18.5 Å². The summed E-state index contributed by atoms with van der Waals surface area (Å²) in [6.07, 6.45) is 13.0. The van der Waals surface area contributed by atoms with Gasteiger partial charge in [-0.15, -0.1) is 0 Å². The first-order chi connectivity index (χ1) is 7.90. The summed E-state index contributed by atoms with van der Waals surface area (Å²) in [5, 5.41) is 0. The first kappa shape index (κ1) is 12.4. The molecule has 2 heteroatoms. The lowest BCUT2D eigenvalue weighted by atomic mass is 9.84. The van der Waals surface area contributed by atoms with E-state index in [1.54, 1.807) is 0 Å². The standard InChI is InChI=1S/C14H26O2/c1-15-13-9-10-16-14(11-13)12-7-5-3-2-4-6-8-12/h12-14H,2-11H2,1H3. The van der Waals surface area contributed by atoms with Gasteiger partial charge in [-0.2, -0.15) is 0 Å². The van der Waals surface area contributed by atoms with Crippen LogP contribution < -0.4 is 0 Å². The minimum absolute atomic E-state index is 0.448. The highest BCUT2D eigenvalue weighted by molar-refractivity contribution is 4.79. The molecule has 2 unspecified atom stereocenters. The van der Waals surface area contributed by atoms with Gasteiger partial charge in [0.1, 0.15) is 0 Å². The molecule has 1 saturated carbocycles. The summed E-state index contributed by atoms with van der Waals surface area (Å²) in [4.78, 5) is 0. The van der Waals surface area contributed by atoms with Gasteiger partial charge in [0, 0.05) is 20.1 Å². The van der Waals surface area contributed by atoms with Crippen LogP contribution in [-0.2, 0) is 9.47 Å². The molecule has 1 aliphatic carbocycles. The highest BCUT2D eigenvalue weighted by Crippen LogP contribution is 2.31. The molecule has 0 radical (unpaired) electrons. The Morgan fingerprint density at radius 3 is 2.31 bits per heavy atom. The maximum absolute atomic E-state index is 5.97. The third-order valence-corrected chi connectivity index (χ3v) is 4.28. The number of hydrogen-bond donors (Lipinski definition) is 0. The van der Waals surface area contributed by atoms with E-state index < -0.39 is 0 Å². The van der Waals surface area contributed by atoms with E-state index in [1.807, 2.05) is 7.11 Å². The molecule has 0 aromatic heterocycles. The molecule has 0 N–H and O–H groups in total. The van der Waals surface area contributed by atoms with Crippen LogP contribution in [0.25, 0.3) is 0 Å². The van der Waals surface area contributed by atoms with Gasteiger partial charge in [0.2, 0.25) is 0 Å². The molecule has 0 bridgehead atoms. The summed E-state index contributed by atoms with van der Waals surface area (Å²) in [5.74, 6) is 0.804. The lowest BCUT2D eigenvalue weighted by molar-refractivity contribution is -0.0847. The summed E-state index contributed by atoms with van der Waals surface area (Å²) in [6.45, 7) is 0.902. The molecule has 2 aliphatic rings. The molecule has 1 heterocycles. The number of methoxy groups -OCH3 is 1. The number of rotatable bonds is 2. The van der Waals surface area contributed by atoms with Crippen LogP contribution in [0.2, 0.25) is 0 Å². The fraction of sp³-hybridized carbons (Fsp3) is 1.00. The van der Waals surface area contributed by atoms with Crippen LogP contribution >= 0.6 is 0 Å². The zero-order valence-corrected chi connectivity index (χ0v) is 10.6. The summed E-state index contributed by atoms with van der Waals surface area (Å²) in [7, 11) is 1.84. The SMILES string of the molecule is COC1CCOC(C2CCCCCCC2)C1. The highest BCUT2D eigenvalue weighted by Gasteiger charge is 2.29. The van der Waals surface area contributed by atoms with Crippen molar-refractivity contribution in [3.05, 3.63) is 0 Å². The van der Waals surface area contributed by atoms with Crippen LogP contribution in [0.5, 0.6) is 0 Å². The second-order valence-electron chi connectivity index (χ2n) is 5.40. The van der Waals surface area contributed by atoms with Crippen LogP contribution in [-0.4, -0.2) is 25.9 Å². The predicted molar refractivity (Wildman–Crippen MR) is 65.6 cm³/mol. The Balaban J connectivity index is 1.83. The van der Waals surface area contributed by atoms with Gasteiger partial charge in [0.25, 0.3) is 0 Å². The Morgan fingerprint density at radius 1 is 0.938 bits per heavy atom. The summed E-state index contributed by atoms with van der Waals surface area (Å²) >= 11 is 0. The number of hydrogen-bond acceptors (Lipinski definition) is 2. The zero-order valence-electron chi connectivity index (χ0n) is 10.6. The second-order valence-corrected chi connectivity index (χ2v) is 5.40. The molecule has 1 saturated heterocycles. The molecule has 94 valence electrons. The van der Waals surface area contributed by atoms with Gasteiger partial charge in [0.15, 0.2) is 0 Å². The molecule has 2 nitrogen and oxygen atoms in total. The molecule has 0 aromatic rings. The third kappa shape index (κ3) is 3.46. The molecule has 0 aromatic carbocycles. The second kappa shape index (κ2) is 6.61. The Morgan fingerprint density at radius 2 is 1.62 bits per heavy atom. The molecule has 2 fully saturated rings. The quantitative estimate of drug-likeness (QED) is 0.717. The minimum atomic E-state index is 0.448. The van der Waals surface area contributed by atoms with Gasteiger partial charge in [-0.1, -0.05) is 32.1 Å². The van der Waals surface area contributed by atoms with Crippen molar-refractivity contribution in [2.75, 3.05) is 13.7 Å². The first-order valence-electron chi connectivity index (χ1n) is 7.04. The van der Waals surface area contributed by atoms with E-state index in [0.29, 0.717) is 12.2 Å². The smallest absolute Gasteiger partial charge is 0.0628 e. The van der Waals surface area contributed by atoms with Crippen molar-refractivity contribution in [3.63, 3.8) is 0 Å². The Hall–Kier alpha value is -0.0800. The van der Waals surface area contributed by atoms with Crippen molar-refractivity contribution in [2.24, 2.45) is 5.92 Å². The molecule has 0 spiro atoms. The van der Waals surface area contributed by atoms with Crippen molar-refractivity contribution < 1.29 is 9.47 Å². The predicted octanol–water partition coefficient (Wildman–Crippen LogP) is 3.54. The van der Waals surface area contributed by atoms with Crippen LogP contribution in [0.1, 0.15) is 57.8 Å². The molecule has 2 atom stereocenters. The molecule has 1 aliphatic heterocycles. The molecule has 0 amide bonds. The van der Waals surface area contributed by atoms with E-state index in [2.05, 4.69) is 0 Å². The average Bonchev–Trinajstić information content (AvgIpc) is 2.29. The van der Waals surface area contributed by atoms with Gasteiger partial charge in [-0.3, -0.25) is 0 Å².